The minimum Gasteiger partial charge on any atom is -0.453 e. The van der Waals surface area contributed by atoms with Gasteiger partial charge in [0, 0.05) is 0 Å². The molecule has 1 amide bonds. The van der Waals surface area contributed by atoms with E-state index in [1.807, 2.05) is 0 Å². The topological polar surface area (TPSA) is 111 Å². The highest BCUT2D eigenvalue weighted by molar-refractivity contribution is 7.91. The normalized spacial score (nSPS) is 10.8. The van der Waals surface area contributed by atoms with E-state index in [-0.39, 0.29) is 15.8 Å². The molecule has 21 heavy (non-hydrogen) atoms. The number of ether oxygens (including phenoxy) is 1. The van der Waals surface area contributed by atoms with Crippen molar-refractivity contribution in [3.8, 4) is 0 Å². The summed E-state index contributed by atoms with van der Waals surface area (Å²) >= 11 is 4.90. The number of alkyl carbamates (subject to hydrolysis) is 1. The Bertz CT molecular complexity index is 644. The van der Waals surface area contributed by atoms with Crippen LogP contribution in [0, 0.1) is 0 Å². The first-order valence-electron chi connectivity index (χ1n) is 6.08. The van der Waals surface area contributed by atoms with E-state index >= 15 is 0 Å². The van der Waals surface area contributed by atoms with Gasteiger partial charge in [0.15, 0.2) is 14.9 Å². The van der Waals surface area contributed by atoms with Crippen LogP contribution < -0.4 is 16.4 Å². The van der Waals surface area contributed by atoms with Gasteiger partial charge in [-0.15, -0.1) is 0 Å². The lowest BCUT2D eigenvalue weighted by atomic mass is 10.3. The highest BCUT2D eigenvalue weighted by Gasteiger charge is 2.15. The molecule has 1 rings (SSSR count). The fourth-order valence-electron chi connectivity index (χ4n) is 1.52. The predicted molar refractivity (Wildman–Crippen MR) is 85.0 cm³/mol. The largest absolute Gasteiger partial charge is 0.453 e. The van der Waals surface area contributed by atoms with E-state index in [4.69, 9.17) is 18.0 Å². The molecule has 0 unspecified atom stereocenters. The highest BCUT2D eigenvalue weighted by atomic mass is 32.2. The Labute approximate surface area is 128 Å². The molecule has 0 fully saturated rings. The Morgan fingerprint density at radius 3 is 2.67 bits per heavy atom. The Hall–Kier alpha value is -1.87. The number of sulfone groups is 1. The number of anilines is 2. The molecule has 0 heterocycles. The summed E-state index contributed by atoms with van der Waals surface area (Å²) in [6.07, 6.45) is -0.224. The standard InChI is InChI=1S/C12H17N3O4S2/c1-3-6-21(17,18)8-4-5-9(13)10(7-8)14-11(20)15-12(16)19-2/h4-5,7H,3,6,13H2,1-2H3,(H2,14,15,16,20). The monoisotopic (exact) mass is 331 g/mol. The number of rotatable bonds is 4. The molecule has 0 atom stereocenters. The van der Waals surface area contributed by atoms with E-state index in [9.17, 15) is 13.2 Å². The van der Waals surface area contributed by atoms with E-state index in [1.54, 1.807) is 6.92 Å². The Morgan fingerprint density at radius 1 is 1.43 bits per heavy atom. The lowest BCUT2D eigenvalue weighted by Crippen LogP contribution is -2.34. The second kappa shape index (κ2) is 7.23. The van der Waals surface area contributed by atoms with Crippen molar-refractivity contribution in [2.75, 3.05) is 23.9 Å². The van der Waals surface area contributed by atoms with Gasteiger partial charge in [0.1, 0.15) is 0 Å². The maximum atomic E-state index is 12.0. The molecule has 0 aliphatic rings. The van der Waals surface area contributed by atoms with Crippen LogP contribution >= 0.6 is 12.2 Å². The number of benzene rings is 1. The quantitative estimate of drug-likeness (QED) is 0.566. The number of nitrogen functional groups attached to an aromatic ring is 1. The number of thiocarbonyl (C=S) groups is 1. The molecule has 0 spiro atoms. The maximum absolute atomic E-state index is 12.0. The average Bonchev–Trinajstić information content (AvgIpc) is 2.40. The number of nitrogens with two attached hydrogens (primary N) is 1. The van der Waals surface area contributed by atoms with Crippen molar-refractivity contribution < 1.29 is 17.9 Å². The van der Waals surface area contributed by atoms with Crippen LogP contribution in [0.3, 0.4) is 0 Å². The number of carbonyl (C=O) groups excluding carboxylic acids is 1. The zero-order chi connectivity index (χ0) is 16.0. The molecule has 116 valence electrons. The third-order valence-corrected chi connectivity index (χ3v) is 4.63. The van der Waals surface area contributed by atoms with Crippen molar-refractivity contribution in [1.29, 1.82) is 0 Å². The summed E-state index contributed by atoms with van der Waals surface area (Å²) in [5.41, 5.74) is 6.36. The predicted octanol–water partition coefficient (Wildman–Crippen LogP) is 1.51. The molecule has 7 nitrogen and oxygen atoms in total. The molecule has 1 aromatic rings. The molecule has 0 aromatic heterocycles. The van der Waals surface area contributed by atoms with E-state index in [0.717, 1.165) is 0 Å². The van der Waals surface area contributed by atoms with Gasteiger partial charge >= 0.3 is 6.09 Å². The first-order valence-corrected chi connectivity index (χ1v) is 8.14. The van der Waals surface area contributed by atoms with Gasteiger partial charge in [0.2, 0.25) is 0 Å². The van der Waals surface area contributed by atoms with Gasteiger partial charge in [-0.2, -0.15) is 0 Å². The molecule has 0 radical (unpaired) electrons. The highest BCUT2D eigenvalue weighted by Crippen LogP contribution is 2.23. The average molecular weight is 331 g/mol. The Morgan fingerprint density at radius 2 is 2.10 bits per heavy atom. The second-order valence-electron chi connectivity index (χ2n) is 4.14. The van der Waals surface area contributed by atoms with Crippen molar-refractivity contribution in [1.82, 2.24) is 5.32 Å². The molecule has 9 heteroatoms. The Balaban J connectivity index is 2.98. The van der Waals surface area contributed by atoms with E-state index in [2.05, 4.69) is 15.4 Å². The van der Waals surface area contributed by atoms with E-state index in [0.29, 0.717) is 17.8 Å². The fraction of sp³-hybridized carbons (Fsp3) is 0.333. The van der Waals surface area contributed by atoms with Crippen LogP contribution in [0.4, 0.5) is 16.2 Å². The number of amides is 1. The summed E-state index contributed by atoms with van der Waals surface area (Å²) in [5, 5.41) is 4.86. The fourth-order valence-corrected chi connectivity index (χ4v) is 3.06. The molecular formula is C12H17N3O4S2. The molecule has 0 bridgehead atoms. The number of hydrogen-bond acceptors (Lipinski definition) is 6. The van der Waals surface area contributed by atoms with Crippen LogP contribution in [0.15, 0.2) is 23.1 Å². The zero-order valence-electron chi connectivity index (χ0n) is 11.7. The molecule has 0 aliphatic carbocycles. The molecule has 0 saturated carbocycles. The smallest absolute Gasteiger partial charge is 0.413 e. The lowest BCUT2D eigenvalue weighted by molar-refractivity contribution is 0.177. The first-order chi connectivity index (χ1) is 9.80. The van der Waals surface area contributed by atoms with Crippen molar-refractivity contribution >= 4 is 44.6 Å². The van der Waals surface area contributed by atoms with Crippen LogP contribution in [-0.2, 0) is 14.6 Å². The van der Waals surface area contributed by atoms with E-state index in [1.165, 1.54) is 25.3 Å². The summed E-state index contributed by atoms with van der Waals surface area (Å²) < 4.78 is 28.4. The summed E-state index contributed by atoms with van der Waals surface area (Å²) in [5.74, 6) is 0.0429. The van der Waals surface area contributed by atoms with Gasteiger partial charge in [-0.25, -0.2) is 13.2 Å². The van der Waals surface area contributed by atoms with Gasteiger partial charge < -0.3 is 15.8 Å². The lowest BCUT2D eigenvalue weighted by Gasteiger charge is -2.12. The minimum atomic E-state index is -3.36. The van der Waals surface area contributed by atoms with E-state index < -0.39 is 15.9 Å². The number of nitrogens with one attached hydrogen (secondary N) is 2. The molecule has 0 aliphatic heterocycles. The molecule has 1 aromatic carbocycles. The van der Waals surface area contributed by atoms with Crippen molar-refractivity contribution in [2.24, 2.45) is 0 Å². The van der Waals surface area contributed by atoms with Crippen molar-refractivity contribution in [3.05, 3.63) is 18.2 Å². The van der Waals surface area contributed by atoms with Gasteiger partial charge in [0.25, 0.3) is 0 Å². The van der Waals surface area contributed by atoms with Crippen LogP contribution in [0.1, 0.15) is 13.3 Å². The SMILES string of the molecule is CCCS(=O)(=O)c1ccc(N)c(NC(=S)NC(=O)OC)c1. The van der Waals surface area contributed by atoms with Crippen LogP contribution in [-0.4, -0.2) is 32.5 Å². The summed E-state index contributed by atoms with van der Waals surface area (Å²) in [6, 6.07) is 4.28. The van der Waals surface area contributed by atoms with Crippen LogP contribution in [0.2, 0.25) is 0 Å². The maximum Gasteiger partial charge on any atom is 0.413 e. The van der Waals surface area contributed by atoms with Crippen molar-refractivity contribution in [2.45, 2.75) is 18.2 Å². The zero-order valence-corrected chi connectivity index (χ0v) is 13.3. The van der Waals surface area contributed by atoms with Crippen molar-refractivity contribution in [3.63, 3.8) is 0 Å². The summed E-state index contributed by atoms with van der Waals surface area (Å²) in [6.45, 7) is 1.78. The number of hydrogen-bond donors (Lipinski definition) is 3. The molecule has 4 N–H and O–H groups in total. The van der Waals surface area contributed by atoms with Gasteiger partial charge in [-0.3, -0.25) is 5.32 Å². The summed E-state index contributed by atoms with van der Waals surface area (Å²) in [4.78, 5) is 11.2. The first kappa shape index (κ1) is 17.2. The van der Waals surface area contributed by atoms with Crippen LogP contribution in [0.5, 0.6) is 0 Å². The Kier molecular flexibility index (Phi) is 5.91. The molecule has 0 saturated heterocycles. The number of carbonyl (C=O) groups is 1. The molecular weight excluding hydrogens is 314 g/mol. The van der Waals surface area contributed by atoms with Gasteiger partial charge in [0.05, 0.1) is 29.1 Å². The number of methoxy groups -OCH3 is 1. The van der Waals surface area contributed by atoms with Gasteiger partial charge in [-0.05, 0) is 36.8 Å². The third-order valence-electron chi connectivity index (χ3n) is 2.51. The van der Waals surface area contributed by atoms with Crippen LogP contribution in [0.25, 0.3) is 0 Å². The summed E-state index contributed by atoms with van der Waals surface area (Å²) in [7, 11) is -2.17. The minimum absolute atomic E-state index is 0.0429. The third kappa shape index (κ3) is 4.87. The second-order valence-corrected chi connectivity index (χ2v) is 6.66. The van der Waals surface area contributed by atoms with Gasteiger partial charge in [-0.1, -0.05) is 6.92 Å².